The first-order valence-corrected chi connectivity index (χ1v) is 9.93. The molecule has 2 unspecified atom stereocenters. The fourth-order valence-corrected chi connectivity index (χ4v) is 5.06. The highest BCUT2D eigenvalue weighted by Crippen LogP contribution is 2.41. The molecule has 0 radical (unpaired) electrons. The molecule has 4 heterocycles. The van der Waals surface area contributed by atoms with Crippen molar-refractivity contribution in [1.82, 2.24) is 29.0 Å². The number of hydrogen-bond acceptors (Lipinski definition) is 6. The smallest absolute Gasteiger partial charge is 0.323 e. The molecule has 0 aromatic carbocycles. The van der Waals surface area contributed by atoms with Crippen molar-refractivity contribution in [3.05, 3.63) is 18.6 Å². The summed E-state index contributed by atoms with van der Waals surface area (Å²) in [6.07, 6.45) is 5.60. The van der Waals surface area contributed by atoms with E-state index in [1.807, 2.05) is 22.8 Å². The van der Waals surface area contributed by atoms with Crippen molar-refractivity contribution in [1.29, 1.82) is 0 Å². The number of aromatic amines is 1. The van der Waals surface area contributed by atoms with E-state index in [4.69, 9.17) is 5.10 Å². The molecule has 5 rings (SSSR count). The van der Waals surface area contributed by atoms with Crippen LogP contribution in [0.1, 0.15) is 12.8 Å². The van der Waals surface area contributed by atoms with Gasteiger partial charge >= 0.3 is 6.03 Å². The van der Waals surface area contributed by atoms with Crippen LogP contribution in [0.15, 0.2) is 18.6 Å². The number of carbonyl (C=O) groups is 1. The van der Waals surface area contributed by atoms with Crippen molar-refractivity contribution in [3.8, 4) is 0 Å². The van der Waals surface area contributed by atoms with Crippen LogP contribution >= 0.6 is 11.5 Å². The minimum absolute atomic E-state index is 0.0650. The molecule has 0 bridgehead atoms. The summed E-state index contributed by atoms with van der Waals surface area (Å²) < 4.78 is 5.82. The summed E-state index contributed by atoms with van der Waals surface area (Å²) in [7, 11) is 4.11. The largest absolute Gasteiger partial charge is 0.355 e. The predicted molar refractivity (Wildman–Crippen MR) is 104 cm³/mol. The summed E-state index contributed by atoms with van der Waals surface area (Å²) in [5.74, 6) is 2.12. The van der Waals surface area contributed by atoms with E-state index >= 15 is 0 Å². The minimum Gasteiger partial charge on any atom is -0.355 e. The Labute approximate surface area is 160 Å². The number of nitrogens with one attached hydrogen (secondary N) is 2. The maximum atomic E-state index is 12.4. The average molecular weight is 386 g/mol. The van der Waals surface area contributed by atoms with Crippen molar-refractivity contribution in [2.24, 2.45) is 18.9 Å². The van der Waals surface area contributed by atoms with E-state index in [-0.39, 0.29) is 6.03 Å². The van der Waals surface area contributed by atoms with Gasteiger partial charge in [0, 0.05) is 51.0 Å². The maximum Gasteiger partial charge on any atom is 0.323 e. The lowest BCUT2D eigenvalue weighted by molar-refractivity contribution is 0.218. The van der Waals surface area contributed by atoms with Gasteiger partial charge in [0.15, 0.2) is 5.82 Å². The molecule has 1 aliphatic heterocycles. The quantitative estimate of drug-likeness (QED) is 0.719. The van der Waals surface area contributed by atoms with Crippen LogP contribution in [-0.2, 0) is 7.05 Å². The van der Waals surface area contributed by atoms with Crippen LogP contribution in [0.25, 0.3) is 11.0 Å². The summed E-state index contributed by atoms with van der Waals surface area (Å²) in [4.78, 5) is 23.9. The van der Waals surface area contributed by atoms with Gasteiger partial charge in [0.25, 0.3) is 0 Å². The number of amides is 2. The fraction of sp³-hybridized carbons (Fsp3) is 0.529. The fourth-order valence-electron chi connectivity index (χ4n) is 4.64. The van der Waals surface area contributed by atoms with Crippen molar-refractivity contribution in [2.75, 3.05) is 30.4 Å². The Kier molecular flexibility index (Phi) is 3.81. The molecule has 2 atom stereocenters. The van der Waals surface area contributed by atoms with Gasteiger partial charge in [-0.25, -0.2) is 14.5 Å². The highest BCUT2D eigenvalue weighted by molar-refractivity contribution is 7.09. The molecular formula is C17H22N8OS. The van der Waals surface area contributed by atoms with Crippen LogP contribution in [-0.4, -0.2) is 61.2 Å². The lowest BCUT2D eigenvalue weighted by atomic mass is 10.0. The zero-order chi connectivity index (χ0) is 18.5. The molecule has 2 amide bonds. The van der Waals surface area contributed by atoms with Crippen LogP contribution in [0.4, 0.5) is 15.7 Å². The van der Waals surface area contributed by atoms with Gasteiger partial charge in [0.2, 0.25) is 5.13 Å². The first-order valence-electron chi connectivity index (χ1n) is 9.15. The molecular weight excluding hydrogens is 364 g/mol. The molecule has 1 saturated carbocycles. The van der Waals surface area contributed by atoms with E-state index in [2.05, 4.69) is 37.7 Å². The van der Waals surface area contributed by atoms with Crippen LogP contribution in [0, 0.1) is 11.8 Å². The Morgan fingerprint density at radius 2 is 2.15 bits per heavy atom. The number of nitrogens with zero attached hydrogens (tertiary/aromatic N) is 6. The van der Waals surface area contributed by atoms with Crippen LogP contribution in [0.2, 0.25) is 0 Å². The normalized spacial score (nSPS) is 24.5. The first-order chi connectivity index (χ1) is 13.1. The minimum atomic E-state index is -0.0650. The molecule has 9 nitrogen and oxygen atoms in total. The zero-order valence-corrected chi connectivity index (χ0v) is 16.1. The Morgan fingerprint density at radius 3 is 2.85 bits per heavy atom. The van der Waals surface area contributed by atoms with Gasteiger partial charge in [-0.15, -0.1) is 0 Å². The van der Waals surface area contributed by atoms with Crippen molar-refractivity contribution >= 4 is 39.5 Å². The Hall–Kier alpha value is -2.62. The van der Waals surface area contributed by atoms with E-state index in [9.17, 15) is 4.79 Å². The Balaban J connectivity index is 1.24. The van der Waals surface area contributed by atoms with E-state index in [1.165, 1.54) is 17.9 Å². The number of aryl methyl sites for hydroxylation is 1. The monoisotopic (exact) mass is 386 g/mol. The number of fused-ring (bicyclic) bond motifs is 2. The predicted octanol–water partition coefficient (Wildman–Crippen LogP) is 2.13. The molecule has 2 aliphatic rings. The highest BCUT2D eigenvalue weighted by Gasteiger charge is 2.44. The molecule has 3 aromatic heterocycles. The SMILES string of the molecule is CN(c1nn(C)c2[nH]ccc12)C1CC2CN(C(=O)Nc3ncns3)CC2C1. The van der Waals surface area contributed by atoms with E-state index < -0.39 is 0 Å². The highest BCUT2D eigenvalue weighted by atomic mass is 32.1. The molecule has 1 saturated heterocycles. The van der Waals surface area contributed by atoms with Crippen molar-refractivity contribution < 1.29 is 4.79 Å². The Morgan fingerprint density at radius 1 is 1.37 bits per heavy atom. The summed E-state index contributed by atoms with van der Waals surface area (Å²) >= 11 is 1.20. The van der Waals surface area contributed by atoms with Crippen LogP contribution in [0.5, 0.6) is 0 Å². The topological polar surface area (TPSA) is 95.0 Å². The van der Waals surface area contributed by atoms with Gasteiger partial charge in [0.1, 0.15) is 12.0 Å². The van der Waals surface area contributed by atoms with Gasteiger partial charge in [-0.05, 0) is 30.7 Å². The maximum absolute atomic E-state index is 12.4. The van der Waals surface area contributed by atoms with Gasteiger partial charge in [-0.1, -0.05) is 0 Å². The molecule has 0 spiro atoms. The third-order valence-corrected chi connectivity index (χ3v) is 6.58. The molecule has 2 N–H and O–H groups in total. The number of anilines is 2. The number of hydrogen-bond donors (Lipinski definition) is 2. The van der Waals surface area contributed by atoms with E-state index in [0.717, 1.165) is 42.8 Å². The van der Waals surface area contributed by atoms with E-state index in [1.54, 1.807) is 0 Å². The number of rotatable bonds is 3. The summed E-state index contributed by atoms with van der Waals surface area (Å²) in [5, 5.41) is 9.25. The average Bonchev–Trinajstić information content (AvgIpc) is 3.42. The lowest BCUT2D eigenvalue weighted by Crippen LogP contribution is -2.36. The first kappa shape index (κ1) is 16.5. The number of urea groups is 1. The van der Waals surface area contributed by atoms with Crippen molar-refractivity contribution in [3.63, 3.8) is 0 Å². The zero-order valence-electron chi connectivity index (χ0n) is 15.3. The molecule has 10 heteroatoms. The number of H-pyrrole nitrogens is 1. The van der Waals surface area contributed by atoms with Crippen molar-refractivity contribution in [2.45, 2.75) is 18.9 Å². The third kappa shape index (κ3) is 2.75. The summed E-state index contributed by atoms with van der Waals surface area (Å²) in [6, 6.07) is 2.48. The van der Waals surface area contributed by atoms with Crippen LogP contribution in [0.3, 0.4) is 0 Å². The molecule has 142 valence electrons. The lowest BCUT2D eigenvalue weighted by Gasteiger charge is -2.26. The third-order valence-electron chi connectivity index (χ3n) is 6.00. The molecule has 27 heavy (non-hydrogen) atoms. The van der Waals surface area contributed by atoms with Gasteiger partial charge in [-0.3, -0.25) is 5.32 Å². The second-order valence-electron chi connectivity index (χ2n) is 7.53. The second kappa shape index (κ2) is 6.22. The number of aromatic nitrogens is 5. The Bertz CT molecular complexity index is 949. The van der Waals surface area contributed by atoms with E-state index in [0.29, 0.717) is 23.0 Å². The number of carbonyl (C=O) groups excluding carboxylic acids is 1. The summed E-state index contributed by atoms with van der Waals surface area (Å²) in [6.45, 7) is 1.61. The number of likely N-dealkylation sites (tertiary alicyclic amines) is 1. The molecule has 3 aromatic rings. The molecule has 2 fully saturated rings. The van der Waals surface area contributed by atoms with Crippen LogP contribution < -0.4 is 10.2 Å². The van der Waals surface area contributed by atoms with Gasteiger partial charge in [-0.2, -0.15) is 9.47 Å². The summed E-state index contributed by atoms with van der Waals surface area (Å²) in [5.41, 5.74) is 1.05. The molecule has 1 aliphatic carbocycles. The van der Waals surface area contributed by atoms with Gasteiger partial charge < -0.3 is 14.8 Å². The standard InChI is InChI=1S/C17H22N8OS/c1-23(15-13-3-4-18-14(13)24(2)22-15)12-5-10-7-25(8-11(10)6-12)17(26)21-16-19-9-20-27-16/h3-4,9-12,18H,5-8H2,1-2H3,(H,19,20,21,26). The second-order valence-corrected chi connectivity index (χ2v) is 8.31. The van der Waals surface area contributed by atoms with Gasteiger partial charge in [0.05, 0.1) is 5.39 Å².